The van der Waals surface area contributed by atoms with Crippen molar-refractivity contribution < 1.29 is 13.2 Å². The number of aromatic amines is 1. The molecule has 1 aromatic heterocycles. The number of hydrogen-bond acceptors (Lipinski definition) is 4. The van der Waals surface area contributed by atoms with Gasteiger partial charge < -0.3 is 9.88 Å². The van der Waals surface area contributed by atoms with Crippen molar-refractivity contribution in [1.29, 1.82) is 0 Å². The van der Waals surface area contributed by atoms with E-state index in [1.165, 1.54) is 39.4 Å². The zero-order valence-corrected chi connectivity index (χ0v) is 17.7. The van der Waals surface area contributed by atoms with Crippen molar-refractivity contribution in [3.05, 3.63) is 41.6 Å². The molecule has 0 bridgehead atoms. The van der Waals surface area contributed by atoms with Gasteiger partial charge in [-0.2, -0.15) is 0 Å². The number of amides is 1. The fraction of sp³-hybridized carbons (Fsp3) is 0.476. The van der Waals surface area contributed by atoms with Gasteiger partial charge in [0.2, 0.25) is 5.91 Å². The number of aromatic nitrogens is 1. The number of benzene rings is 1. The molecule has 2 aromatic rings. The SMILES string of the molecule is CCc1cccc2c(C3=CCN(C(=O)CS[C@H]4CCS(=O)(=O)C4)CC3)c[nH]c12. The van der Waals surface area contributed by atoms with E-state index in [0.717, 1.165) is 12.8 Å². The molecular formula is C21H26N2O3S2. The quantitative estimate of drug-likeness (QED) is 0.809. The van der Waals surface area contributed by atoms with Crippen LogP contribution in [0.4, 0.5) is 0 Å². The molecule has 150 valence electrons. The molecular weight excluding hydrogens is 392 g/mol. The highest BCUT2D eigenvalue weighted by Gasteiger charge is 2.29. The van der Waals surface area contributed by atoms with Gasteiger partial charge in [-0.1, -0.05) is 31.2 Å². The molecule has 1 aromatic carbocycles. The number of H-pyrrole nitrogens is 1. The van der Waals surface area contributed by atoms with Crippen LogP contribution >= 0.6 is 11.8 Å². The van der Waals surface area contributed by atoms with E-state index >= 15 is 0 Å². The van der Waals surface area contributed by atoms with E-state index in [2.05, 4.69) is 42.4 Å². The van der Waals surface area contributed by atoms with E-state index < -0.39 is 9.84 Å². The van der Waals surface area contributed by atoms with Crippen LogP contribution in [0.3, 0.4) is 0 Å². The zero-order chi connectivity index (χ0) is 19.7. The molecule has 1 fully saturated rings. The number of aryl methyl sites for hydroxylation is 1. The maximum absolute atomic E-state index is 12.5. The fourth-order valence-corrected chi connectivity index (χ4v) is 7.64. The average Bonchev–Trinajstić information content (AvgIpc) is 3.29. The van der Waals surface area contributed by atoms with Crippen LogP contribution in [0.15, 0.2) is 30.5 Å². The third-order valence-electron chi connectivity index (χ3n) is 5.72. The number of nitrogens with one attached hydrogen (secondary N) is 1. The molecule has 0 aliphatic carbocycles. The maximum atomic E-state index is 12.5. The summed E-state index contributed by atoms with van der Waals surface area (Å²) in [5.41, 5.74) is 5.06. The van der Waals surface area contributed by atoms with Gasteiger partial charge in [-0.3, -0.25) is 4.79 Å². The largest absolute Gasteiger partial charge is 0.360 e. The normalized spacial score (nSPS) is 21.8. The number of carbonyl (C=O) groups is 1. The Morgan fingerprint density at radius 2 is 2.21 bits per heavy atom. The van der Waals surface area contributed by atoms with Gasteiger partial charge >= 0.3 is 0 Å². The Hall–Kier alpha value is -1.73. The summed E-state index contributed by atoms with van der Waals surface area (Å²) in [6.45, 7) is 3.50. The Morgan fingerprint density at radius 1 is 1.36 bits per heavy atom. The first-order valence-corrected chi connectivity index (χ1v) is 12.7. The van der Waals surface area contributed by atoms with E-state index in [9.17, 15) is 13.2 Å². The lowest BCUT2D eigenvalue weighted by Crippen LogP contribution is -2.36. The third kappa shape index (κ3) is 4.01. The first-order valence-electron chi connectivity index (χ1n) is 9.85. The minimum Gasteiger partial charge on any atom is -0.360 e. The number of para-hydroxylation sites is 1. The molecule has 2 aliphatic heterocycles. The summed E-state index contributed by atoms with van der Waals surface area (Å²) < 4.78 is 23.1. The summed E-state index contributed by atoms with van der Waals surface area (Å²) in [5.74, 6) is 0.960. The molecule has 1 saturated heterocycles. The van der Waals surface area contributed by atoms with Gasteiger partial charge in [0.1, 0.15) is 0 Å². The molecule has 0 unspecified atom stereocenters. The minimum absolute atomic E-state index is 0.0730. The number of hydrogen-bond donors (Lipinski definition) is 1. The first kappa shape index (κ1) is 19.6. The highest BCUT2D eigenvalue weighted by molar-refractivity contribution is 8.02. The fourth-order valence-electron chi connectivity index (χ4n) is 4.09. The second-order valence-corrected chi connectivity index (χ2v) is 11.1. The molecule has 5 nitrogen and oxygen atoms in total. The minimum atomic E-state index is -2.88. The molecule has 1 N–H and O–H groups in total. The third-order valence-corrected chi connectivity index (χ3v) is 8.99. The van der Waals surface area contributed by atoms with E-state index in [1.807, 2.05) is 4.90 Å². The van der Waals surface area contributed by atoms with Gasteiger partial charge in [-0.15, -0.1) is 11.8 Å². The number of carbonyl (C=O) groups excluding carboxylic acids is 1. The molecule has 1 atom stereocenters. The van der Waals surface area contributed by atoms with Crippen molar-refractivity contribution in [1.82, 2.24) is 9.88 Å². The van der Waals surface area contributed by atoms with Crippen LogP contribution in [0.1, 0.15) is 30.9 Å². The van der Waals surface area contributed by atoms with E-state index in [1.54, 1.807) is 0 Å². The maximum Gasteiger partial charge on any atom is 0.232 e. The highest BCUT2D eigenvalue weighted by atomic mass is 32.2. The Labute approximate surface area is 170 Å². The summed E-state index contributed by atoms with van der Waals surface area (Å²) in [6.07, 6.45) is 6.76. The number of rotatable bonds is 5. The van der Waals surface area contributed by atoms with Gasteiger partial charge in [0, 0.05) is 41.0 Å². The molecule has 3 heterocycles. The molecule has 2 aliphatic rings. The van der Waals surface area contributed by atoms with Crippen LogP contribution in [0.25, 0.3) is 16.5 Å². The van der Waals surface area contributed by atoms with Crippen LogP contribution < -0.4 is 0 Å². The number of thioether (sulfide) groups is 1. The van der Waals surface area contributed by atoms with E-state index in [0.29, 0.717) is 25.3 Å². The van der Waals surface area contributed by atoms with Gasteiger partial charge in [-0.25, -0.2) is 8.42 Å². The molecule has 0 saturated carbocycles. The Kier molecular flexibility index (Phi) is 5.56. The molecule has 0 radical (unpaired) electrons. The lowest BCUT2D eigenvalue weighted by molar-refractivity contribution is -0.127. The molecule has 4 rings (SSSR count). The number of fused-ring (bicyclic) bond motifs is 1. The van der Waals surface area contributed by atoms with Gasteiger partial charge in [-0.05, 0) is 30.4 Å². The summed E-state index contributed by atoms with van der Waals surface area (Å²) in [5, 5.41) is 1.33. The predicted molar refractivity (Wildman–Crippen MR) is 116 cm³/mol. The van der Waals surface area contributed by atoms with Crippen LogP contribution in [0.5, 0.6) is 0 Å². The number of nitrogens with zero attached hydrogens (tertiary/aromatic N) is 1. The highest BCUT2D eigenvalue weighted by Crippen LogP contribution is 2.31. The monoisotopic (exact) mass is 418 g/mol. The molecule has 28 heavy (non-hydrogen) atoms. The summed E-state index contributed by atoms with van der Waals surface area (Å²) in [7, 11) is -2.88. The standard InChI is InChI=1S/C21H26N2O3S2/c1-2-15-4-3-5-18-19(12-22-21(15)18)16-6-9-23(10-7-16)20(24)13-27-17-8-11-28(25,26)14-17/h3-6,12,17,22H,2,7-11,13-14H2,1H3/t17-/m0/s1. The van der Waals surface area contributed by atoms with Crippen molar-refractivity contribution in [3.8, 4) is 0 Å². The summed E-state index contributed by atoms with van der Waals surface area (Å²) in [6, 6.07) is 6.43. The van der Waals surface area contributed by atoms with E-state index in [4.69, 9.17) is 0 Å². The van der Waals surface area contributed by atoms with Crippen LogP contribution in [-0.4, -0.2) is 59.8 Å². The van der Waals surface area contributed by atoms with Crippen LogP contribution in [0, 0.1) is 0 Å². The second-order valence-electron chi connectivity index (χ2n) is 7.55. The number of sulfone groups is 1. The van der Waals surface area contributed by atoms with Crippen LogP contribution in [0.2, 0.25) is 0 Å². The predicted octanol–water partition coefficient (Wildman–Crippen LogP) is 3.27. The lowest BCUT2D eigenvalue weighted by atomic mass is 9.97. The molecule has 1 amide bonds. The van der Waals surface area contributed by atoms with Crippen LogP contribution in [-0.2, 0) is 21.1 Å². The van der Waals surface area contributed by atoms with Crippen molar-refractivity contribution >= 4 is 44.0 Å². The second kappa shape index (κ2) is 7.95. The van der Waals surface area contributed by atoms with Crippen molar-refractivity contribution in [2.45, 2.75) is 31.4 Å². The zero-order valence-electron chi connectivity index (χ0n) is 16.1. The van der Waals surface area contributed by atoms with Crippen molar-refractivity contribution in [3.63, 3.8) is 0 Å². The Balaban J connectivity index is 1.39. The summed E-state index contributed by atoms with van der Waals surface area (Å²) in [4.78, 5) is 17.8. The van der Waals surface area contributed by atoms with Gasteiger partial charge in [0.25, 0.3) is 0 Å². The topological polar surface area (TPSA) is 70.2 Å². The van der Waals surface area contributed by atoms with E-state index in [-0.39, 0.29) is 22.7 Å². The van der Waals surface area contributed by atoms with Gasteiger partial charge in [0.15, 0.2) is 9.84 Å². The lowest BCUT2D eigenvalue weighted by Gasteiger charge is -2.27. The average molecular weight is 419 g/mol. The smallest absolute Gasteiger partial charge is 0.232 e. The van der Waals surface area contributed by atoms with Crippen molar-refractivity contribution in [2.24, 2.45) is 0 Å². The Bertz CT molecular complexity index is 1020. The molecule has 7 heteroatoms. The Morgan fingerprint density at radius 3 is 2.89 bits per heavy atom. The first-order chi connectivity index (χ1) is 13.5. The summed E-state index contributed by atoms with van der Waals surface area (Å²) >= 11 is 1.50. The molecule has 0 spiro atoms. The van der Waals surface area contributed by atoms with Gasteiger partial charge in [0.05, 0.1) is 17.3 Å². The van der Waals surface area contributed by atoms with Crippen molar-refractivity contribution in [2.75, 3.05) is 30.3 Å².